The SMILES string of the molecule is Cn1ccc(OCCCC(F)(F)F)n1. The highest BCUT2D eigenvalue weighted by Crippen LogP contribution is 2.21. The van der Waals surface area contributed by atoms with Gasteiger partial charge in [0.15, 0.2) is 0 Å². The van der Waals surface area contributed by atoms with Crippen molar-refractivity contribution in [1.29, 1.82) is 0 Å². The first-order valence-electron chi connectivity index (χ1n) is 4.16. The molecule has 3 nitrogen and oxygen atoms in total. The number of ether oxygens (including phenoxy) is 1. The van der Waals surface area contributed by atoms with Gasteiger partial charge in [0.25, 0.3) is 0 Å². The van der Waals surface area contributed by atoms with Crippen molar-refractivity contribution in [3.63, 3.8) is 0 Å². The number of nitrogens with zero attached hydrogens (tertiary/aromatic N) is 2. The molecule has 0 unspecified atom stereocenters. The highest BCUT2D eigenvalue weighted by molar-refractivity contribution is 5.04. The molecular weight excluding hydrogens is 197 g/mol. The van der Waals surface area contributed by atoms with Gasteiger partial charge >= 0.3 is 6.18 Å². The molecule has 14 heavy (non-hydrogen) atoms. The molecular formula is C8H11F3N2O. The topological polar surface area (TPSA) is 27.1 Å². The zero-order chi connectivity index (χ0) is 10.6. The molecule has 0 radical (unpaired) electrons. The fourth-order valence-electron chi connectivity index (χ4n) is 0.920. The van der Waals surface area contributed by atoms with Gasteiger partial charge in [-0.1, -0.05) is 0 Å². The van der Waals surface area contributed by atoms with Crippen LogP contribution >= 0.6 is 0 Å². The first-order valence-corrected chi connectivity index (χ1v) is 4.16. The summed E-state index contributed by atoms with van der Waals surface area (Å²) in [5.41, 5.74) is 0. The lowest BCUT2D eigenvalue weighted by atomic mass is 10.3. The molecule has 1 aromatic heterocycles. The van der Waals surface area contributed by atoms with Gasteiger partial charge in [-0.15, -0.1) is 5.10 Å². The van der Waals surface area contributed by atoms with Crippen LogP contribution in [0.5, 0.6) is 5.88 Å². The number of aryl methyl sites for hydroxylation is 1. The van der Waals surface area contributed by atoms with Crippen LogP contribution < -0.4 is 4.74 Å². The fourth-order valence-corrected chi connectivity index (χ4v) is 0.920. The summed E-state index contributed by atoms with van der Waals surface area (Å²) in [6.45, 7) is 0.0382. The zero-order valence-electron chi connectivity index (χ0n) is 7.71. The first-order chi connectivity index (χ1) is 6.47. The molecule has 0 N–H and O–H groups in total. The van der Waals surface area contributed by atoms with E-state index in [9.17, 15) is 13.2 Å². The minimum atomic E-state index is -4.10. The molecule has 0 amide bonds. The largest absolute Gasteiger partial charge is 0.477 e. The second-order valence-electron chi connectivity index (χ2n) is 2.89. The molecule has 1 rings (SSSR count). The maximum Gasteiger partial charge on any atom is 0.389 e. The Balaban J connectivity index is 2.16. The van der Waals surface area contributed by atoms with Crippen molar-refractivity contribution in [3.8, 4) is 5.88 Å². The van der Waals surface area contributed by atoms with Crippen LogP contribution in [0.4, 0.5) is 13.2 Å². The van der Waals surface area contributed by atoms with Gasteiger partial charge in [0.2, 0.25) is 5.88 Å². The summed E-state index contributed by atoms with van der Waals surface area (Å²) < 4.78 is 41.6. The van der Waals surface area contributed by atoms with E-state index in [0.717, 1.165) is 0 Å². The van der Waals surface area contributed by atoms with Gasteiger partial charge in [0.1, 0.15) is 0 Å². The predicted octanol–water partition coefficient (Wildman–Crippen LogP) is 2.14. The highest BCUT2D eigenvalue weighted by atomic mass is 19.4. The Morgan fingerprint density at radius 1 is 1.50 bits per heavy atom. The van der Waals surface area contributed by atoms with E-state index in [0.29, 0.717) is 5.88 Å². The summed E-state index contributed by atoms with van der Waals surface area (Å²) in [5.74, 6) is 0.356. The molecule has 1 aromatic rings. The number of rotatable bonds is 4. The van der Waals surface area contributed by atoms with Crippen molar-refractivity contribution >= 4 is 0 Å². The van der Waals surface area contributed by atoms with Crippen LogP contribution in [0.2, 0.25) is 0 Å². The quantitative estimate of drug-likeness (QED) is 0.709. The van der Waals surface area contributed by atoms with E-state index >= 15 is 0 Å². The Morgan fingerprint density at radius 2 is 2.21 bits per heavy atom. The second-order valence-corrected chi connectivity index (χ2v) is 2.89. The minimum Gasteiger partial charge on any atom is -0.477 e. The molecule has 6 heteroatoms. The standard InChI is InChI=1S/C8H11F3N2O/c1-13-5-3-7(12-13)14-6-2-4-8(9,10)11/h3,5H,2,4,6H2,1H3. The number of aromatic nitrogens is 2. The van der Waals surface area contributed by atoms with Gasteiger partial charge < -0.3 is 4.74 Å². The molecule has 0 atom stereocenters. The summed E-state index contributed by atoms with van der Waals surface area (Å²) in [4.78, 5) is 0. The summed E-state index contributed by atoms with van der Waals surface area (Å²) in [6, 6.07) is 1.60. The molecule has 0 aliphatic carbocycles. The molecule has 0 fully saturated rings. The van der Waals surface area contributed by atoms with Crippen LogP contribution in [-0.2, 0) is 7.05 Å². The van der Waals surface area contributed by atoms with Crippen LogP contribution in [0.3, 0.4) is 0 Å². The van der Waals surface area contributed by atoms with Gasteiger partial charge in [-0.25, -0.2) is 0 Å². The Hall–Kier alpha value is -1.20. The Bertz CT molecular complexity index is 282. The van der Waals surface area contributed by atoms with E-state index in [4.69, 9.17) is 4.74 Å². The summed E-state index contributed by atoms with van der Waals surface area (Å²) in [7, 11) is 1.71. The van der Waals surface area contributed by atoms with Crippen molar-refractivity contribution in [2.24, 2.45) is 7.05 Å². The summed E-state index contributed by atoms with van der Waals surface area (Å²) >= 11 is 0. The third-order valence-corrected chi connectivity index (χ3v) is 1.54. The maximum atomic E-state index is 11.7. The van der Waals surface area contributed by atoms with E-state index in [1.165, 1.54) is 4.68 Å². The van der Waals surface area contributed by atoms with Gasteiger partial charge in [-0.2, -0.15) is 13.2 Å². The average Bonchev–Trinajstić information content (AvgIpc) is 2.44. The van der Waals surface area contributed by atoms with Crippen LogP contribution in [0, 0.1) is 0 Å². The summed E-state index contributed by atoms with van der Waals surface area (Å²) in [6.07, 6.45) is -3.30. The first kappa shape index (κ1) is 10.9. The molecule has 0 aromatic carbocycles. The van der Waals surface area contributed by atoms with Gasteiger partial charge in [0.05, 0.1) is 6.61 Å². The summed E-state index contributed by atoms with van der Waals surface area (Å²) in [5, 5.41) is 3.86. The van der Waals surface area contributed by atoms with Crippen molar-refractivity contribution < 1.29 is 17.9 Å². The molecule has 0 aliphatic rings. The third-order valence-electron chi connectivity index (χ3n) is 1.54. The highest BCUT2D eigenvalue weighted by Gasteiger charge is 2.26. The number of hydrogen-bond donors (Lipinski definition) is 0. The maximum absolute atomic E-state index is 11.7. The van der Waals surface area contributed by atoms with E-state index < -0.39 is 12.6 Å². The Kier molecular flexibility index (Phi) is 3.38. The van der Waals surface area contributed by atoms with Crippen LogP contribution in [0.15, 0.2) is 12.3 Å². The zero-order valence-corrected chi connectivity index (χ0v) is 7.71. The molecule has 0 aliphatic heterocycles. The molecule has 0 saturated carbocycles. The van der Waals surface area contributed by atoms with E-state index in [2.05, 4.69) is 5.10 Å². The van der Waals surface area contributed by atoms with Gasteiger partial charge in [-0.05, 0) is 6.42 Å². The van der Waals surface area contributed by atoms with Crippen LogP contribution in [-0.4, -0.2) is 22.6 Å². The van der Waals surface area contributed by atoms with Crippen molar-refractivity contribution in [2.75, 3.05) is 6.61 Å². The minimum absolute atomic E-state index is 0.0382. The predicted molar refractivity (Wildman–Crippen MR) is 44.0 cm³/mol. The van der Waals surface area contributed by atoms with Gasteiger partial charge in [-0.3, -0.25) is 4.68 Å². The molecule has 0 bridgehead atoms. The van der Waals surface area contributed by atoms with Crippen molar-refractivity contribution in [3.05, 3.63) is 12.3 Å². The lowest BCUT2D eigenvalue weighted by Crippen LogP contribution is -2.09. The van der Waals surface area contributed by atoms with Crippen molar-refractivity contribution in [1.82, 2.24) is 9.78 Å². The Labute approximate surface area is 79.5 Å². The molecule has 0 spiro atoms. The monoisotopic (exact) mass is 208 g/mol. The number of hydrogen-bond acceptors (Lipinski definition) is 2. The Morgan fingerprint density at radius 3 is 2.71 bits per heavy atom. The second kappa shape index (κ2) is 4.34. The third kappa shape index (κ3) is 4.15. The fraction of sp³-hybridized carbons (Fsp3) is 0.625. The number of alkyl halides is 3. The smallest absolute Gasteiger partial charge is 0.389 e. The lowest BCUT2D eigenvalue weighted by Gasteiger charge is -2.05. The van der Waals surface area contributed by atoms with Crippen LogP contribution in [0.25, 0.3) is 0 Å². The average molecular weight is 208 g/mol. The van der Waals surface area contributed by atoms with Crippen molar-refractivity contribution in [2.45, 2.75) is 19.0 Å². The molecule has 80 valence electrons. The van der Waals surface area contributed by atoms with E-state index in [1.807, 2.05) is 0 Å². The number of halogens is 3. The van der Waals surface area contributed by atoms with Gasteiger partial charge in [0, 0.05) is 25.7 Å². The lowest BCUT2D eigenvalue weighted by molar-refractivity contribution is -0.136. The van der Waals surface area contributed by atoms with Crippen LogP contribution in [0.1, 0.15) is 12.8 Å². The normalized spacial score (nSPS) is 11.7. The van der Waals surface area contributed by atoms with E-state index in [1.54, 1.807) is 19.3 Å². The molecule has 1 heterocycles. The van der Waals surface area contributed by atoms with E-state index in [-0.39, 0.29) is 13.0 Å². The molecule has 0 saturated heterocycles.